The Balaban J connectivity index is 1.66. The van der Waals surface area contributed by atoms with Gasteiger partial charge in [0.1, 0.15) is 11.9 Å². The van der Waals surface area contributed by atoms with Crippen molar-refractivity contribution in [3.05, 3.63) is 90.0 Å². The van der Waals surface area contributed by atoms with Crippen LogP contribution in [-0.2, 0) is 0 Å². The number of hydrogen-bond donors (Lipinski definition) is 0. The Bertz CT molecular complexity index is 1120. The zero-order valence-corrected chi connectivity index (χ0v) is 13.6. The maximum absolute atomic E-state index is 12.9. The van der Waals surface area contributed by atoms with Gasteiger partial charge >= 0.3 is 0 Å². The Kier molecular flexibility index (Phi) is 3.10. The molecule has 120 valence electrons. The quantitative estimate of drug-likeness (QED) is 0.449. The third-order valence-corrected chi connectivity index (χ3v) is 4.98. The molecule has 1 unspecified atom stereocenters. The van der Waals surface area contributed by atoms with Crippen LogP contribution in [-0.4, -0.2) is 5.78 Å². The van der Waals surface area contributed by atoms with E-state index in [1.807, 2.05) is 54.6 Å². The van der Waals surface area contributed by atoms with E-state index in [0.717, 1.165) is 27.3 Å². The van der Waals surface area contributed by atoms with E-state index in [9.17, 15) is 4.79 Å². The molecule has 25 heavy (non-hydrogen) atoms. The molecule has 0 saturated heterocycles. The van der Waals surface area contributed by atoms with Crippen LogP contribution in [0.4, 0.5) is 0 Å². The predicted molar refractivity (Wildman–Crippen MR) is 100 cm³/mol. The summed E-state index contributed by atoms with van der Waals surface area (Å²) in [6.45, 7) is 0. The van der Waals surface area contributed by atoms with E-state index >= 15 is 0 Å². The molecule has 4 aromatic carbocycles. The number of ketones is 1. The first-order valence-corrected chi connectivity index (χ1v) is 8.50. The van der Waals surface area contributed by atoms with Gasteiger partial charge in [-0.15, -0.1) is 0 Å². The number of carbonyl (C=O) groups excluding carboxylic acids is 1. The summed E-state index contributed by atoms with van der Waals surface area (Å²) in [4.78, 5) is 12.9. The van der Waals surface area contributed by atoms with Crippen LogP contribution in [0.5, 0.6) is 5.75 Å². The highest BCUT2D eigenvalue weighted by Crippen LogP contribution is 2.40. The van der Waals surface area contributed by atoms with E-state index in [1.54, 1.807) is 0 Å². The van der Waals surface area contributed by atoms with Crippen molar-refractivity contribution in [2.24, 2.45) is 0 Å². The van der Waals surface area contributed by atoms with Gasteiger partial charge in [-0.3, -0.25) is 4.79 Å². The molecule has 0 amide bonds. The fourth-order valence-corrected chi connectivity index (χ4v) is 3.81. The van der Waals surface area contributed by atoms with Crippen LogP contribution in [0.25, 0.3) is 21.5 Å². The minimum atomic E-state index is -0.243. The molecule has 4 aromatic rings. The van der Waals surface area contributed by atoms with Crippen LogP contribution >= 0.6 is 0 Å². The molecule has 2 heteroatoms. The van der Waals surface area contributed by atoms with E-state index in [1.165, 1.54) is 5.39 Å². The second-order valence-corrected chi connectivity index (χ2v) is 6.46. The summed E-state index contributed by atoms with van der Waals surface area (Å²) in [5.74, 6) is 0.837. The normalized spacial score (nSPS) is 16.6. The van der Waals surface area contributed by atoms with Gasteiger partial charge in [-0.05, 0) is 27.6 Å². The highest BCUT2D eigenvalue weighted by Gasteiger charge is 2.29. The molecule has 0 spiro atoms. The third kappa shape index (κ3) is 2.22. The third-order valence-electron chi connectivity index (χ3n) is 4.98. The number of benzene rings is 4. The molecule has 1 atom stereocenters. The Morgan fingerprint density at radius 1 is 0.720 bits per heavy atom. The molecule has 0 aliphatic carbocycles. The van der Waals surface area contributed by atoms with Gasteiger partial charge in [-0.25, -0.2) is 0 Å². The zero-order valence-electron chi connectivity index (χ0n) is 13.6. The molecule has 0 saturated carbocycles. The van der Waals surface area contributed by atoms with Crippen LogP contribution < -0.4 is 4.74 Å². The Hall–Kier alpha value is -3.13. The molecule has 1 aliphatic heterocycles. The van der Waals surface area contributed by atoms with Gasteiger partial charge in [-0.2, -0.15) is 0 Å². The number of fused-ring (bicyclic) bond motifs is 4. The van der Waals surface area contributed by atoms with E-state index in [2.05, 4.69) is 24.3 Å². The summed E-state index contributed by atoms with van der Waals surface area (Å²) < 4.78 is 6.28. The minimum Gasteiger partial charge on any atom is -0.484 e. The van der Waals surface area contributed by atoms with Gasteiger partial charge in [0.05, 0.1) is 12.0 Å². The van der Waals surface area contributed by atoms with Crippen molar-refractivity contribution in [3.63, 3.8) is 0 Å². The summed E-state index contributed by atoms with van der Waals surface area (Å²) in [5, 5.41) is 4.36. The molecular weight excluding hydrogens is 308 g/mol. The van der Waals surface area contributed by atoms with E-state index in [0.29, 0.717) is 12.2 Å². The molecule has 1 aliphatic rings. The number of ether oxygens (including phenoxy) is 1. The highest BCUT2D eigenvalue weighted by atomic mass is 16.5. The Morgan fingerprint density at radius 3 is 2.24 bits per heavy atom. The monoisotopic (exact) mass is 324 g/mol. The molecular formula is C23H16O2. The van der Waals surface area contributed by atoms with Crippen molar-refractivity contribution in [1.29, 1.82) is 0 Å². The average molecular weight is 324 g/mol. The van der Waals surface area contributed by atoms with Gasteiger partial charge in [0, 0.05) is 5.56 Å². The van der Waals surface area contributed by atoms with E-state index < -0.39 is 0 Å². The number of carbonyl (C=O) groups is 1. The lowest BCUT2D eigenvalue weighted by atomic mass is 9.90. The maximum Gasteiger partial charge on any atom is 0.171 e. The van der Waals surface area contributed by atoms with Crippen LogP contribution in [0.1, 0.15) is 28.4 Å². The van der Waals surface area contributed by atoms with E-state index in [4.69, 9.17) is 4.74 Å². The second-order valence-electron chi connectivity index (χ2n) is 6.46. The lowest BCUT2D eigenvalue weighted by Crippen LogP contribution is -2.20. The standard InChI is InChI=1S/C23H16O2/c24-20-14-22(19-11-5-8-15-6-1-3-9-17(15)19)25-21-13-12-16-7-2-4-10-18(16)23(20)21/h1-13,22H,14H2. The topological polar surface area (TPSA) is 26.3 Å². The second kappa shape index (κ2) is 5.45. The lowest BCUT2D eigenvalue weighted by Gasteiger charge is -2.27. The zero-order chi connectivity index (χ0) is 16.8. The smallest absolute Gasteiger partial charge is 0.171 e. The first kappa shape index (κ1) is 14.2. The first-order valence-electron chi connectivity index (χ1n) is 8.50. The molecule has 0 N–H and O–H groups in total. The van der Waals surface area contributed by atoms with Crippen molar-refractivity contribution < 1.29 is 9.53 Å². The van der Waals surface area contributed by atoms with Crippen molar-refractivity contribution >= 4 is 27.3 Å². The number of Topliss-reactive ketones (excluding diaryl/α,β-unsaturated/α-hetero) is 1. The Labute approximate surface area is 145 Å². The highest BCUT2D eigenvalue weighted by molar-refractivity contribution is 6.11. The SMILES string of the molecule is O=C1CC(c2cccc3ccccc23)Oc2ccc3ccccc3c21. The predicted octanol–water partition coefficient (Wildman–Crippen LogP) is 5.70. The van der Waals surface area contributed by atoms with Gasteiger partial charge in [0.2, 0.25) is 0 Å². The van der Waals surface area contributed by atoms with Crippen molar-refractivity contribution in [2.75, 3.05) is 0 Å². The lowest BCUT2D eigenvalue weighted by molar-refractivity contribution is 0.0855. The fraction of sp³-hybridized carbons (Fsp3) is 0.0870. The van der Waals surface area contributed by atoms with Crippen LogP contribution in [0.15, 0.2) is 78.9 Å². The van der Waals surface area contributed by atoms with Crippen molar-refractivity contribution in [1.82, 2.24) is 0 Å². The minimum absolute atomic E-state index is 0.149. The average Bonchev–Trinajstić information content (AvgIpc) is 2.67. The summed E-state index contributed by atoms with van der Waals surface area (Å²) in [6.07, 6.45) is 0.127. The molecule has 0 fully saturated rings. The van der Waals surface area contributed by atoms with E-state index in [-0.39, 0.29) is 11.9 Å². The summed E-state index contributed by atoms with van der Waals surface area (Å²) in [5.41, 5.74) is 1.79. The van der Waals surface area contributed by atoms with Crippen molar-refractivity contribution in [3.8, 4) is 5.75 Å². The maximum atomic E-state index is 12.9. The summed E-state index contributed by atoms with van der Waals surface area (Å²) >= 11 is 0. The van der Waals surface area contributed by atoms with Gasteiger partial charge in [0.25, 0.3) is 0 Å². The molecule has 0 aromatic heterocycles. The fourth-order valence-electron chi connectivity index (χ4n) is 3.81. The number of rotatable bonds is 1. The molecule has 1 heterocycles. The van der Waals surface area contributed by atoms with Crippen molar-refractivity contribution in [2.45, 2.75) is 12.5 Å². The molecule has 5 rings (SSSR count). The summed E-state index contributed by atoms with van der Waals surface area (Å²) in [7, 11) is 0. The van der Waals surface area contributed by atoms with Crippen LogP contribution in [0.3, 0.4) is 0 Å². The van der Waals surface area contributed by atoms with Crippen LogP contribution in [0.2, 0.25) is 0 Å². The molecule has 2 nitrogen and oxygen atoms in total. The first-order chi connectivity index (χ1) is 12.3. The van der Waals surface area contributed by atoms with Gasteiger partial charge < -0.3 is 4.74 Å². The molecule has 0 radical (unpaired) electrons. The number of hydrogen-bond acceptors (Lipinski definition) is 2. The van der Waals surface area contributed by atoms with Gasteiger partial charge in [0.15, 0.2) is 5.78 Å². The Morgan fingerprint density at radius 2 is 1.40 bits per heavy atom. The largest absolute Gasteiger partial charge is 0.484 e. The molecule has 0 bridgehead atoms. The van der Waals surface area contributed by atoms with Gasteiger partial charge in [-0.1, -0.05) is 72.8 Å². The summed E-state index contributed by atoms with van der Waals surface area (Å²) in [6, 6.07) is 26.3. The van der Waals surface area contributed by atoms with Crippen LogP contribution in [0, 0.1) is 0 Å².